The van der Waals surface area contributed by atoms with Gasteiger partial charge in [0.25, 0.3) is 0 Å². The first kappa shape index (κ1) is 16.1. The van der Waals surface area contributed by atoms with E-state index in [4.69, 9.17) is 27.9 Å². The number of rotatable bonds is 5. The van der Waals surface area contributed by atoms with Crippen LogP contribution in [0.1, 0.15) is 24.1 Å². The van der Waals surface area contributed by atoms with E-state index in [9.17, 15) is 4.39 Å². The van der Waals surface area contributed by atoms with Gasteiger partial charge in [0, 0.05) is 16.7 Å². The lowest BCUT2D eigenvalue weighted by Crippen LogP contribution is -2.23. The van der Waals surface area contributed by atoms with Crippen molar-refractivity contribution in [1.29, 1.82) is 0 Å². The first-order valence-electron chi connectivity index (χ1n) is 6.59. The van der Waals surface area contributed by atoms with Gasteiger partial charge in [0.05, 0.1) is 18.2 Å². The monoisotopic (exact) mass is 327 g/mol. The number of benzene rings is 2. The maximum Gasteiger partial charge on any atom is 0.138 e. The zero-order chi connectivity index (χ0) is 15.4. The second-order valence-electron chi connectivity index (χ2n) is 4.52. The van der Waals surface area contributed by atoms with Crippen LogP contribution in [0.3, 0.4) is 0 Å². The van der Waals surface area contributed by atoms with Crippen LogP contribution in [0.5, 0.6) is 5.75 Å². The number of methoxy groups -OCH3 is 1. The molecule has 1 unspecified atom stereocenters. The van der Waals surface area contributed by atoms with Crippen LogP contribution in [0.25, 0.3) is 0 Å². The molecule has 5 heteroatoms. The quantitative estimate of drug-likeness (QED) is 0.848. The third kappa shape index (κ3) is 3.49. The molecule has 0 heterocycles. The van der Waals surface area contributed by atoms with E-state index in [1.54, 1.807) is 30.3 Å². The highest BCUT2D eigenvalue weighted by atomic mass is 35.5. The summed E-state index contributed by atoms with van der Waals surface area (Å²) in [5.41, 5.74) is 1.25. The SMILES string of the molecule is CCNC(c1ccccc1F)c1cc(Cl)c(OC)cc1Cl. The Morgan fingerprint density at radius 1 is 1.14 bits per heavy atom. The molecular formula is C16H16Cl2FNO. The van der Waals surface area contributed by atoms with Gasteiger partial charge < -0.3 is 10.1 Å². The molecule has 0 aromatic heterocycles. The van der Waals surface area contributed by atoms with Crippen molar-refractivity contribution in [2.24, 2.45) is 0 Å². The maximum absolute atomic E-state index is 14.1. The third-order valence-electron chi connectivity index (χ3n) is 3.21. The molecule has 0 spiro atoms. The van der Waals surface area contributed by atoms with Gasteiger partial charge in [-0.25, -0.2) is 4.39 Å². The fraction of sp³-hybridized carbons (Fsp3) is 0.250. The van der Waals surface area contributed by atoms with Crippen molar-refractivity contribution in [2.45, 2.75) is 13.0 Å². The Bertz CT molecular complexity index is 634. The van der Waals surface area contributed by atoms with Gasteiger partial charge in [-0.1, -0.05) is 48.3 Å². The largest absolute Gasteiger partial charge is 0.495 e. The summed E-state index contributed by atoms with van der Waals surface area (Å²) in [6, 6.07) is 9.60. The Morgan fingerprint density at radius 2 is 1.86 bits per heavy atom. The molecule has 0 aliphatic rings. The van der Waals surface area contributed by atoms with E-state index in [-0.39, 0.29) is 11.9 Å². The van der Waals surface area contributed by atoms with E-state index < -0.39 is 0 Å². The fourth-order valence-corrected chi connectivity index (χ4v) is 2.73. The standard InChI is InChI=1S/C16H16Cl2FNO/c1-3-20-16(10-6-4-5-7-14(10)19)11-8-13(18)15(21-2)9-12(11)17/h4-9,16,20H,3H2,1-2H3. The topological polar surface area (TPSA) is 21.3 Å². The Balaban J connectivity index is 2.53. The van der Waals surface area contributed by atoms with Gasteiger partial charge in [-0.05, 0) is 24.2 Å². The molecule has 0 fully saturated rings. The van der Waals surface area contributed by atoms with Gasteiger partial charge in [0.2, 0.25) is 0 Å². The van der Waals surface area contributed by atoms with Crippen LogP contribution in [0.4, 0.5) is 4.39 Å². The molecule has 0 saturated heterocycles. The Morgan fingerprint density at radius 3 is 2.48 bits per heavy atom. The number of halogens is 3. The van der Waals surface area contributed by atoms with E-state index in [1.165, 1.54) is 13.2 Å². The highest BCUT2D eigenvalue weighted by molar-refractivity contribution is 6.34. The Kier molecular flexibility index (Phi) is 5.45. The molecule has 0 aliphatic carbocycles. The lowest BCUT2D eigenvalue weighted by atomic mass is 9.98. The van der Waals surface area contributed by atoms with Gasteiger partial charge >= 0.3 is 0 Å². The minimum absolute atomic E-state index is 0.286. The second-order valence-corrected chi connectivity index (χ2v) is 5.33. The summed E-state index contributed by atoms with van der Waals surface area (Å²) in [4.78, 5) is 0. The van der Waals surface area contributed by atoms with E-state index in [0.717, 1.165) is 5.56 Å². The predicted octanol–water partition coefficient (Wildman–Crippen LogP) is 4.84. The summed E-state index contributed by atoms with van der Waals surface area (Å²) < 4.78 is 19.2. The molecule has 2 rings (SSSR count). The van der Waals surface area contributed by atoms with Crippen LogP contribution in [-0.4, -0.2) is 13.7 Å². The van der Waals surface area contributed by atoms with Gasteiger partial charge in [0.15, 0.2) is 0 Å². The van der Waals surface area contributed by atoms with Gasteiger partial charge in [-0.15, -0.1) is 0 Å². The highest BCUT2D eigenvalue weighted by Crippen LogP contribution is 2.36. The molecule has 1 N–H and O–H groups in total. The van der Waals surface area contributed by atoms with Crippen LogP contribution in [-0.2, 0) is 0 Å². The lowest BCUT2D eigenvalue weighted by molar-refractivity contribution is 0.414. The molecule has 2 aromatic carbocycles. The first-order chi connectivity index (χ1) is 10.1. The molecule has 0 amide bonds. The van der Waals surface area contributed by atoms with Crippen LogP contribution in [0.15, 0.2) is 36.4 Å². The van der Waals surface area contributed by atoms with Crippen LogP contribution in [0, 0.1) is 5.82 Å². The minimum Gasteiger partial charge on any atom is -0.495 e. The maximum atomic E-state index is 14.1. The van der Waals surface area contributed by atoms with Crippen molar-refractivity contribution >= 4 is 23.2 Å². The number of ether oxygens (including phenoxy) is 1. The average Bonchev–Trinajstić information content (AvgIpc) is 2.48. The van der Waals surface area contributed by atoms with Crippen molar-refractivity contribution in [1.82, 2.24) is 5.32 Å². The molecule has 2 aromatic rings. The summed E-state index contributed by atoms with van der Waals surface area (Å²) in [7, 11) is 1.52. The van der Waals surface area contributed by atoms with Gasteiger partial charge in [-0.2, -0.15) is 0 Å². The normalized spacial score (nSPS) is 12.2. The first-order valence-corrected chi connectivity index (χ1v) is 7.34. The summed E-state index contributed by atoms with van der Waals surface area (Å²) in [5, 5.41) is 4.16. The van der Waals surface area contributed by atoms with Crippen molar-refractivity contribution in [3.63, 3.8) is 0 Å². The summed E-state index contributed by atoms with van der Waals surface area (Å²) in [5.74, 6) is 0.209. The lowest BCUT2D eigenvalue weighted by Gasteiger charge is -2.21. The smallest absolute Gasteiger partial charge is 0.138 e. The molecule has 0 aliphatic heterocycles. The highest BCUT2D eigenvalue weighted by Gasteiger charge is 2.21. The van der Waals surface area contributed by atoms with Crippen molar-refractivity contribution in [3.8, 4) is 5.75 Å². The zero-order valence-electron chi connectivity index (χ0n) is 11.8. The number of hydrogen-bond acceptors (Lipinski definition) is 2. The molecular weight excluding hydrogens is 312 g/mol. The molecule has 21 heavy (non-hydrogen) atoms. The molecule has 0 radical (unpaired) electrons. The third-order valence-corrected chi connectivity index (χ3v) is 3.83. The molecule has 2 nitrogen and oxygen atoms in total. The van der Waals surface area contributed by atoms with Crippen LogP contribution in [0.2, 0.25) is 10.0 Å². The molecule has 112 valence electrons. The number of hydrogen-bond donors (Lipinski definition) is 1. The Hall–Kier alpha value is -1.29. The summed E-state index contributed by atoms with van der Waals surface area (Å²) >= 11 is 12.5. The van der Waals surface area contributed by atoms with E-state index >= 15 is 0 Å². The Labute approximate surface area is 133 Å². The van der Waals surface area contributed by atoms with Crippen LogP contribution >= 0.6 is 23.2 Å². The minimum atomic E-state index is -0.368. The number of nitrogens with one attached hydrogen (secondary N) is 1. The van der Waals surface area contributed by atoms with E-state index in [0.29, 0.717) is 27.9 Å². The summed E-state index contributed by atoms with van der Waals surface area (Å²) in [6.45, 7) is 2.62. The fourth-order valence-electron chi connectivity index (χ4n) is 2.22. The van der Waals surface area contributed by atoms with Gasteiger partial charge in [-0.3, -0.25) is 0 Å². The summed E-state index contributed by atoms with van der Waals surface area (Å²) in [6.07, 6.45) is 0. The second kappa shape index (κ2) is 7.12. The van der Waals surface area contributed by atoms with Crippen molar-refractivity contribution in [2.75, 3.05) is 13.7 Å². The van der Waals surface area contributed by atoms with Gasteiger partial charge in [0.1, 0.15) is 11.6 Å². The van der Waals surface area contributed by atoms with Crippen LogP contribution < -0.4 is 10.1 Å². The average molecular weight is 328 g/mol. The predicted molar refractivity (Wildman–Crippen MR) is 84.9 cm³/mol. The van der Waals surface area contributed by atoms with Crippen molar-refractivity contribution in [3.05, 3.63) is 63.4 Å². The molecule has 1 atom stereocenters. The molecule has 0 bridgehead atoms. The molecule has 0 saturated carbocycles. The zero-order valence-corrected chi connectivity index (χ0v) is 13.3. The van der Waals surface area contributed by atoms with Crippen molar-refractivity contribution < 1.29 is 9.13 Å². The van der Waals surface area contributed by atoms with E-state index in [2.05, 4.69) is 5.32 Å². The van der Waals surface area contributed by atoms with E-state index in [1.807, 2.05) is 6.92 Å².